The first-order valence-electron chi connectivity index (χ1n) is 6.27. The lowest BCUT2D eigenvalue weighted by molar-refractivity contribution is -0.135. The van der Waals surface area contributed by atoms with Gasteiger partial charge in [-0.15, -0.1) is 0 Å². The summed E-state index contributed by atoms with van der Waals surface area (Å²) < 4.78 is 113. The molecule has 0 aliphatic rings. The minimum absolute atomic E-state index is 0.356. The maximum absolute atomic E-state index is 12.6. The van der Waals surface area contributed by atoms with Gasteiger partial charge in [0.15, 0.2) is 0 Å². The molecule has 0 saturated carbocycles. The second kappa shape index (κ2) is 6.20. The smallest absolute Gasteiger partial charge is 0.258 e. The number of hydrogen-bond acceptors (Lipinski definition) is 1. The monoisotopic (exact) mass is 353 g/mol. The molecule has 0 amide bonds. The minimum atomic E-state index is -4.94. The first kappa shape index (κ1) is 19.6. The van der Waals surface area contributed by atoms with Crippen LogP contribution in [0.15, 0.2) is 0 Å². The first-order chi connectivity index (χ1) is 10.1. The van der Waals surface area contributed by atoms with Crippen molar-refractivity contribution in [1.29, 1.82) is 0 Å². The average molecular weight is 353 g/mol. The van der Waals surface area contributed by atoms with Crippen molar-refractivity contribution in [2.45, 2.75) is 51.6 Å². The molecule has 0 aliphatic heterocycles. The molecule has 10 heteroatoms. The minimum Gasteiger partial charge on any atom is -0.258 e. The van der Waals surface area contributed by atoms with Crippen LogP contribution in [-0.4, -0.2) is 23.5 Å². The molecule has 0 N–H and O–H groups in total. The Kier molecular flexibility index (Phi) is 5.27. The number of halogens is 9. The van der Waals surface area contributed by atoms with Crippen molar-refractivity contribution < 1.29 is 39.5 Å². The van der Waals surface area contributed by atoms with Gasteiger partial charge in [-0.3, -0.25) is 4.98 Å². The second-order valence-electron chi connectivity index (χ2n) is 5.09. The molecule has 1 aromatic heterocycles. The third-order valence-corrected chi connectivity index (χ3v) is 3.07. The molecule has 132 valence electrons. The van der Waals surface area contributed by atoms with Crippen LogP contribution in [0.2, 0.25) is 0 Å². The molecule has 1 rings (SSSR count). The zero-order chi connectivity index (χ0) is 18.2. The number of hydrogen-bond donors (Lipinski definition) is 0. The predicted octanol–water partition coefficient (Wildman–Crippen LogP) is 5.01. The fourth-order valence-electron chi connectivity index (χ4n) is 2.29. The van der Waals surface area contributed by atoms with Gasteiger partial charge in [0.1, 0.15) is 0 Å². The predicted molar refractivity (Wildman–Crippen MR) is 63.0 cm³/mol. The number of aryl methyl sites for hydroxylation is 2. The van der Waals surface area contributed by atoms with Gasteiger partial charge in [0.25, 0.3) is 0 Å². The van der Waals surface area contributed by atoms with Gasteiger partial charge >= 0.3 is 18.5 Å². The lowest BCUT2D eigenvalue weighted by Crippen LogP contribution is -2.24. The van der Waals surface area contributed by atoms with Gasteiger partial charge in [-0.2, -0.15) is 39.5 Å². The van der Waals surface area contributed by atoms with Crippen molar-refractivity contribution in [2.75, 3.05) is 0 Å². The van der Waals surface area contributed by atoms with E-state index in [4.69, 9.17) is 0 Å². The maximum Gasteiger partial charge on any atom is 0.393 e. The van der Waals surface area contributed by atoms with E-state index in [0.717, 1.165) is 13.8 Å². The Morgan fingerprint density at radius 2 is 0.826 bits per heavy atom. The summed E-state index contributed by atoms with van der Waals surface area (Å²) in [6, 6.07) is 0. The highest BCUT2D eigenvalue weighted by molar-refractivity contribution is 5.41. The number of rotatable bonds is 3. The first-order valence-corrected chi connectivity index (χ1v) is 6.27. The Hall–Kier alpha value is -1.48. The summed E-state index contributed by atoms with van der Waals surface area (Å²) in [5.41, 5.74) is -3.40. The fraction of sp³-hybridized carbons (Fsp3) is 0.615. The van der Waals surface area contributed by atoms with E-state index >= 15 is 0 Å². The highest BCUT2D eigenvalue weighted by Crippen LogP contribution is 2.35. The summed E-state index contributed by atoms with van der Waals surface area (Å²) >= 11 is 0. The quantitative estimate of drug-likeness (QED) is 0.696. The number of nitrogens with zero attached hydrogens (tertiary/aromatic N) is 1. The zero-order valence-electron chi connectivity index (χ0n) is 12.0. The number of aromatic nitrogens is 1. The SMILES string of the molecule is Cc1nc(C)c(CC(F)(F)F)c(CC(F)(F)F)c1CC(F)(F)F. The maximum atomic E-state index is 12.6. The number of alkyl halides is 9. The van der Waals surface area contributed by atoms with Crippen molar-refractivity contribution in [2.24, 2.45) is 0 Å². The summed E-state index contributed by atoms with van der Waals surface area (Å²) in [4.78, 5) is 3.57. The van der Waals surface area contributed by atoms with Gasteiger partial charge in [0, 0.05) is 11.4 Å². The standard InChI is InChI=1S/C13H12F9N/c1-6-8(3-11(14,15)16)10(5-13(20,21)22)9(7(2)23-6)4-12(17,18)19/h3-5H2,1-2H3. The van der Waals surface area contributed by atoms with Crippen molar-refractivity contribution in [3.8, 4) is 0 Å². The lowest BCUT2D eigenvalue weighted by Gasteiger charge is -2.22. The van der Waals surface area contributed by atoms with E-state index in [2.05, 4.69) is 4.98 Å². The van der Waals surface area contributed by atoms with Crippen molar-refractivity contribution in [1.82, 2.24) is 4.98 Å². The third-order valence-electron chi connectivity index (χ3n) is 3.07. The molecule has 23 heavy (non-hydrogen) atoms. The molecule has 0 spiro atoms. The molecule has 1 nitrogen and oxygen atoms in total. The lowest BCUT2D eigenvalue weighted by atomic mass is 9.92. The second-order valence-corrected chi connectivity index (χ2v) is 5.09. The van der Waals surface area contributed by atoms with Gasteiger partial charge in [-0.25, -0.2) is 0 Å². The van der Waals surface area contributed by atoms with Crippen molar-refractivity contribution >= 4 is 0 Å². The summed E-state index contributed by atoms with van der Waals surface area (Å²) in [7, 11) is 0. The van der Waals surface area contributed by atoms with E-state index in [1.54, 1.807) is 0 Å². The van der Waals surface area contributed by atoms with Gasteiger partial charge < -0.3 is 0 Å². The molecule has 0 aliphatic carbocycles. The van der Waals surface area contributed by atoms with Crippen molar-refractivity contribution in [3.63, 3.8) is 0 Å². The molecule has 0 unspecified atom stereocenters. The van der Waals surface area contributed by atoms with E-state index in [1.165, 1.54) is 0 Å². The van der Waals surface area contributed by atoms with Gasteiger partial charge in [0.2, 0.25) is 0 Å². The Labute approximate surface area is 125 Å². The highest BCUT2D eigenvalue weighted by Gasteiger charge is 2.38. The van der Waals surface area contributed by atoms with Crippen molar-refractivity contribution in [3.05, 3.63) is 28.1 Å². The summed E-state index contributed by atoms with van der Waals surface area (Å²) in [5, 5.41) is 0. The molecular formula is C13H12F9N. The molecule has 0 atom stereocenters. The third kappa shape index (κ3) is 6.26. The average Bonchev–Trinajstić information content (AvgIpc) is 2.25. The van der Waals surface area contributed by atoms with E-state index < -0.39 is 54.5 Å². The van der Waals surface area contributed by atoms with Gasteiger partial charge in [-0.1, -0.05) is 0 Å². The van der Waals surface area contributed by atoms with Crippen LogP contribution < -0.4 is 0 Å². The van der Waals surface area contributed by atoms with E-state index in [1.807, 2.05) is 0 Å². The molecule has 1 heterocycles. The molecule has 1 aromatic rings. The van der Waals surface area contributed by atoms with Crippen LogP contribution in [0.25, 0.3) is 0 Å². The van der Waals surface area contributed by atoms with Crippen LogP contribution >= 0.6 is 0 Å². The Morgan fingerprint density at radius 3 is 1.09 bits per heavy atom. The molecule has 0 aromatic carbocycles. The van der Waals surface area contributed by atoms with Crippen LogP contribution in [0.1, 0.15) is 28.1 Å². The van der Waals surface area contributed by atoms with Crippen LogP contribution in [0.5, 0.6) is 0 Å². The Bertz CT molecular complexity index is 527. The van der Waals surface area contributed by atoms with E-state index in [0.29, 0.717) is 0 Å². The Balaban J connectivity index is 3.57. The molecule has 0 fully saturated rings. The summed E-state index contributed by atoms with van der Waals surface area (Å²) in [5.74, 6) is 0. The van der Waals surface area contributed by atoms with Crippen LogP contribution in [-0.2, 0) is 19.3 Å². The number of pyridine rings is 1. The van der Waals surface area contributed by atoms with Gasteiger partial charge in [-0.05, 0) is 30.5 Å². The van der Waals surface area contributed by atoms with Crippen LogP contribution in [0, 0.1) is 13.8 Å². The fourth-order valence-corrected chi connectivity index (χ4v) is 2.29. The molecule has 0 saturated heterocycles. The molecule has 0 bridgehead atoms. The topological polar surface area (TPSA) is 12.9 Å². The summed E-state index contributed by atoms with van der Waals surface area (Å²) in [6.07, 6.45) is -20.1. The van der Waals surface area contributed by atoms with E-state index in [-0.39, 0.29) is 11.4 Å². The highest BCUT2D eigenvalue weighted by atomic mass is 19.4. The van der Waals surface area contributed by atoms with Crippen LogP contribution in [0.4, 0.5) is 39.5 Å². The van der Waals surface area contributed by atoms with Gasteiger partial charge in [0.05, 0.1) is 19.3 Å². The zero-order valence-corrected chi connectivity index (χ0v) is 12.0. The Morgan fingerprint density at radius 1 is 0.565 bits per heavy atom. The largest absolute Gasteiger partial charge is 0.393 e. The van der Waals surface area contributed by atoms with E-state index in [9.17, 15) is 39.5 Å². The molecule has 0 radical (unpaired) electrons. The summed E-state index contributed by atoms with van der Waals surface area (Å²) in [6.45, 7) is 2.09. The van der Waals surface area contributed by atoms with Crippen LogP contribution in [0.3, 0.4) is 0 Å². The molecular weight excluding hydrogens is 341 g/mol. The normalized spacial score (nSPS) is 13.5.